The fraction of sp³-hybridized carbons (Fsp3) is 0.615. The van der Waals surface area contributed by atoms with Crippen LogP contribution in [0.4, 0.5) is 0 Å². The summed E-state index contributed by atoms with van der Waals surface area (Å²) in [7, 11) is 0. The third-order valence-electron chi connectivity index (χ3n) is 3.34. The van der Waals surface area contributed by atoms with Crippen LogP contribution in [-0.4, -0.2) is 71.1 Å². The van der Waals surface area contributed by atoms with Gasteiger partial charge < -0.3 is 10.2 Å². The first-order chi connectivity index (χ1) is 9.70. The van der Waals surface area contributed by atoms with Gasteiger partial charge in [-0.3, -0.25) is 19.6 Å². The van der Waals surface area contributed by atoms with Crippen LogP contribution >= 0.6 is 0 Å². The van der Waals surface area contributed by atoms with Crippen LogP contribution in [0.1, 0.15) is 23.7 Å². The second-order valence-corrected chi connectivity index (χ2v) is 4.91. The first-order valence-corrected chi connectivity index (χ1v) is 6.98. The summed E-state index contributed by atoms with van der Waals surface area (Å²) in [6, 6.07) is 0. The van der Waals surface area contributed by atoms with Gasteiger partial charge in [-0.1, -0.05) is 6.92 Å². The average Bonchev–Trinajstić information content (AvgIpc) is 2.99. The van der Waals surface area contributed by atoms with Crippen molar-refractivity contribution in [2.24, 2.45) is 0 Å². The molecule has 0 spiro atoms. The lowest BCUT2D eigenvalue weighted by Crippen LogP contribution is -2.51. The number of H-pyrrole nitrogens is 1. The summed E-state index contributed by atoms with van der Waals surface area (Å²) in [6.07, 6.45) is 4.08. The standard InChI is InChI=1S/C13H21N5O2/c1-2-3-14-12(19)10-17-4-6-18(7-5-17)13(20)11-8-15-16-9-11/h8-9H,2-7,10H2,1H3,(H,14,19)(H,15,16). The quantitative estimate of drug-likeness (QED) is 0.775. The number of nitrogens with zero attached hydrogens (tertiary/aromatic N) is 3. The van der Waals surface area contributed by atoms with Crippen LogP contribution in [0.25, 0.3) is 0 Å². The van der Waals surface area contributed by atoms with E-state index in [4.69, 9.17) is 0 Å². The van der Waals surface area contributed by atoms with Crippen molar-refractivity contribution in [3.8, 4) is 0 Å². The fourth-order valence-electron chi connectivity index (χ4n) is 2.18. The number of rotatable bonds is 5. The van der Waals surface area contributed by atoms with Crippen molar-refractivity contribution in [2.75, 3.05) is 39.3 Å². The molecular weight excluding hydrogens is 258 g/mol. The molecule has 0 atom stereocenters. The van der Waals surface area contributed by atoms with Crippen molar-refractivity contribution in [3.63, 3.8) is 0 Å². The van der Waals surface area contributed by atoms with E-state index in [9.17, 15) is 9.59 Å². The zero-order chi connectivity index (χ0) is 14.4. The Morgan fingerprint density at radius 2 is 2.10 bits per heavy atom. The van der Waals surface area contributed by atoms with Gasteiger partial charge in [-0.05, 0) is 6.42 Å². The molecule has 0 radical (unpaired) electrons. The smallest absolute Gasteiger partial charge is 0.257 e. The van der Waals surface area contributed by atoms with Crippen molar-refractivity contribution < 1.29 is 9.59 Å². The van der Waals surface area contributed by atoms with Gasteiger partial charge in [-0.2, -0.15) is 5.10 Å². The number of hydrogen-bond donors (Lipinski definition) is 2. The Morgan fingerprint density at radius 3 is 2.70 bits per heavy atom. The van der Waals surface area contributed by atoms with E-state index < -0.39 is 0 Å². The maximum atomic E-state index is 12.1. The summed E-state index contributed by atoms with van der Waals surface area (Å²) >= 11 is 0. The Hall–Kier alpha value is -1.89. The summed E-state index contributed by atoms with van der Waals surface area (Å²) in [5.74, 6) is 0.0512. The second kappa shape index (κ2) is 7.04. The highest BCUT2D eigenvalue weighted by molar-refractivity contribution is 5.93. The molecule has 0 aromatic carbocycles. The van der Waals surface area contributed by atoms with Crippen LogP contribution in [0.5, 0.6) is 0 Å². The summed E-state index contributed by atoms with van der Waals surface area (Å²) in [4.78, 5) is 27.6. The van der Waals surface area contributed by atoms with E-state index in [0.717, 1.165) is 26.1 Å². The molecule has 1 aliphatic rings. The number of piperazine rings is 1. The largest absolute Gasteiger partial charge is 0.355 e. The number of amides is 2. The number of carbonyl (C=O) groups excluding carboxylic acids is 2. The number of carbonyl (C=O) groups is 2. The van der Waals surface area contributed by atoms with Crippen LogP contribution in [0.3, 0.4) is 0 Å². The molecule has 2 N–H and O–H groups in total. The molecule has 7 heteroatoms. The lowest BCUT2D eigenvalue weighted by molar-refractivity contribution is -0.122. The molecule has 0 saturated carbocycles. The summed E-state index contributed by atoms with van der Waals surface area (Å²) < 4.78 is 0. The third-order valence-corrected chi connectivity index (χ3v) is 3.34. The molecule has 2 rings (SSSR count). The normalized spacial score (nSPS) is 16.1. The van der Waals surface area contributed by atoms with Crippen LogP contribution in [-0.2, 0) is 4.79 Å². The van der Waals surface area contributed by atoms with E-state index >= 15 is 0 Å². The predicted octanol–water partition coefficient (Wildman–Crippen LogP) is -0.306. The van der Waals surface area contributed by atoms with E-state index in [-0.39, 0.29) is 11.8 Å². The Bertz CT molecular complexity index is 438. The molecule has 2 heterocycles. The van der Waals surface area contributed by atoms with Gasteiger partial charge in [0.2, 0.25) is 5.91 Å². The molecule has 1 aromatic rings. The fourth-order valence-corrected chi connectivity index (χ4v) is 2.18. The van der Waals surface area contributed by atoms with E-state index in [2.05, 4.69) is 20.4 Å². The second-order valence-electron chi connectivity index (χ2n) is 4.91. The van der Waals surface area contributed by atoms with Gasteiger partial charge in [-0.25, -0.2) is 0 Å². The van der Waals surface area contributed by atoms with E-state index in [0.29, 0.717) is 25.2 Å². The Labute approximate surface area is 118 Å². The lowest BCUT2D eigenvalue weighted by atomic mass is 10.2. The molecule has 1 aliphatic heterocycles. The number of hydrogen-bond acceptors (Lipinski definition) is 4. The monoisotopic (exact) mass is 279 g/mol. The van der Waals surface area contributed by atoms with Gasteiger partial charge in [0.1, 0.15) is 0 Å². The molecule has 7 nitrogen and oxygen atoms in total. The van der Waals surface area contributed by atoms with Gasteiger partial charge in [0.25, 0.3) is 5.91 Å². The van der Waals surface area contributed by atoms with Gasteiger partial charge in [0.05, 0.1) is 18.3 Å². The molecule has 2 amide bonds. The SMILES string of the molecule is CCCNC(=O)CN1CCN(C(=O)c2cn[nH]c2)CC1. The zero-order valence-electron chi connectivity index (χ0n) is 11.8. The van der Waals surface area contributed by atoms with Crippen molar-refractivity contribution in [2.45, 2.75) is 13.3 Å². The molecule has 0 aliphatic carbocycles. The molecular formula is C13H21N5O2. The van der Waals surface area contributed by atoms with Crippen LogP contribution in [0.2, 0.25) is 0 Å². The molecule has 1 aromatic heterocycles. The maximum absolute atomic E-state index is 12.1. The molecule has 1 saturated heterocycles. The number of aromatic nitrogens is 2. The van der Waals surface area contributed by atoms with Crippen LogP contribution in [0, 0.1) is 0 Å². The Balaban J connectivity index is 1.75. The van der Waals surface area contributed by atoms with Crippen molar-refractivity contribution in [1.82, 2.24) is 25.3 Å². The summed E-state index contributed by atoms with van der Waals surface area (Å²) in [6.45, 7) is 5.90. The Kier molecular flexibility index (Phi) is 5.11. The van der Waals surface area contributed by atoms with Gasteiger partial charge >= 0.3 is 0 Å². The van der Waals surface area contributed by atoms with Crippen molar-refractivity contribution in [1.29, 1.82) is 0 Å². The van der Waals surface area contributed by atoms with Gasteiger partial charge in [0.15, 0.2) is 0 Å². The van der Waals surface area contributed by atoms with Crippen LogP contribution in [0.15, 0.2) is 12.4 Å². The number of aromatic amines is 1. The predicted molar refractivity (Wildman–Crippen MR) is 74.2 cm³/mol. The minimum Gasteiger partial charge on any atom is -0.355 e. The van der Waals surface area contributed by atoms with Gasteiger partial charge in [-0.15, -0.1) is 0 Å². The molecule has 0 bridgehead atoms. The summed E-state index contributed by atoms with van der Waals surface area (Å²) in [5.41, 5.74) is 0.583. The third kappa shape index (κ3) is 3.80. The van der Waals surface area contributed by atoms with E-state index in [1.807, 2.05) is 6.92 Å². The molecule has 0 unspecified atom stereocenters. The highest BCUT2D eigenvalue weighted by Crippen LogP contribution is 2.07. The first kappa shape index (κ1) is 14.5. The molecule has 110 valence electrons. The van der Waals surface area contributed by atoms with E-state index in [1.165, 1.54) is 6.20 Å². The van der Waals surface area contributed by atoms with E-state index in [1.54, 1.807) is 11.1 Å². The molecule has 1 fully saturated rings. The Morgan fingerprint density at radius 1 is 1.35 bits per heavy atom. The van der Waals surface area contributed by atoms with Crippen molar-refractivity contribution >= 4 is 11.8 Å². The average molecular weight is 279 g/mol. The summed E-state index contributed by atoms with van der Waals surface area (Å²) in [5, 5.41) is 9.29. The highest BCUT2D eigenvalue weighted by atomic mass is 16.2. The van der Waals surface area contributed by atoms with Crippen LogP contribution < -0.4 is 5.32 Å². The minimum atomic E-state index is -0.00571. The van der Waals surface area contributed by atoms with Gasteiger partial charge in [0, 0.05) is 38.9 Å². The maximum Gasteiger partial charge on any atom is 0.257 e. The highest BCUT2D eigenvalue weighted by Gasteiger charge is 2.23. The zero-order valence-corrected chi connectivity index (χ0v) is 11.8. The molecule has 20 heavy (non-hydrogen) atoms. The minimum absolute atomic E-state index is 0.00571. The van der Waals surface area contributed by atoms with Crippen molar-refractivity contribution in [3.05, 3.63) is 18.0 Å². The lowest BCUT2D eigenvalue weighted by Gasteiger charge is -2.34. The number of nitrogens with one attached hydrogen (secondary N) is 2. The topological polar surface area (TPSA) is 81.3 Å². The first-order valence-electron chi connectivity index (χ1n) is 6.98.